The number of carbonyl (C=O) groups excluding carboxylic acids is 1. The second-order valence-electron chi connectivity index (χ2n) is 4.01. The van der Waals surface area contributed by atoms with Gasteiger partial charge < -0.3 is 20.4 Å². The number of phenols is 3. The van der Waals surface area contributed by atoms with Gasteiger partial charge in [0.05, 0.1) is 11.1 Å². The molecule has 0 aromatic heterocycles. The van der Waals surface area contributed by atoms with Crippen LogP contribution in [0.4, 0.5) is 0 Å². The lowest BCUT2D eigenvalue weighted by Crippen LogP contribution is -2.10. The summed E-state index contributed by atoms with van der Waals surface area (Å²) in [6, 6.07) is 7.24. The number of ketones is 1. The molecule has 6 heteroatoms. The topological polar surface area (TPSA) is 115 Å². The monoisotopic (exact) mass is 274 g/mol. The van der Waals surface area contributed by atoms with E-state index in [9.17, 15) is 24.9 Å². The summed E-state index contributed by atoms with van der Waals surface area (Å²) in [7, 11) is 0. The highest BCUT2D eigenvalue weighted by atomic mass is 16.4. The first-order chi connectivity index (χ1) is 9.43. The molecule has 0 radical (unpaired) electrons. The molecule has 0 unspecified atom stereocenters. The molecule has 0 aliphatic carbocycles. The molecule has 0 heterocycles. The maximum Gasteiger partial charge on any atom is 0.336 e. The van der Waals surface area contributed by atoms with E-state index in [1.807, 2.05) is 0 Å². The Hall–Kier alpha value is -3.02. The molecule has 102 valence electrons. The first-order valence-electron chi connectivity index (χ1n) is 5.54. The van der Waals surface area contributed by atoms with Crippen LogP contribution in [0.5, 0.6) is 17.2 Å². The fraction of sp³-hybridized carbons (Fsp3) is 0. The SMILES string of the molecule is O=C(O)c1cccc(O)c1C(=O)c1c(O)cccc1O. The van der Waals surface area contributed by atoms with Gasteiger partial charge in [-0.25, -0.2) is 4.79 Å². The van der Waals surface area contributed by atoms with E-state index in [2.05, 4.69) is 0 Å². The zero-order valence-corrected chi connectivity index (χ0v) is 10.1. The zero-order valence-electron chi connectivity index (χ0n) is 10.1. The van der Waals surface area contributed by atoms with E-state index in [0.29, 0.717) is 0 Å². The zero-order chi connectivity index (χ0) is 14.9. The van der Waals surface area contributed by atoms with Crippen molar-refractivity contribution < 1.29 is 30.0 Å². The third kappa shape index (κ3) is 2.14. The van der Waals surface area contributed by atoms with Crippen LogP contribution >= 0.6 is 0 Å². The minimum Gasteiger partial charge on any atom is -0.507 e. The number of carbonyl (C=O) groups is 2. The average Bonchev–Trinajstić information content (AvgIpc) is 2.37. The number of benzene rings is 2. The lowest BCUT2D eigenvalue weighted by atomic mass is 9.96. The van der Waals surface area contributed by atoms with Gasteiger partial charge >= 0.3 is 5.97 Å². The molecule has 2 rings (SSSR count). The molecule has 0 aliphatic heterocycles. The van der Waals surface area contributed by atoms with Crippen LogP contribution in [0.15, 0.2) is 36.4 Å². The van der Waals surface area contributed by atoms with E-state index in [-0.39, 0.29) is 0 Å². The van der Waals surface area contributed by atoms with Gasteiger partial charge in [0.25, 0.3) is 0 Å². The van der Waals surface area contributed by atoms with Gasteiger partial charge in [0.1, 0.15) is 22.8 Å². The third-order valence-electron chi connectivity index (χ3n) is 2.75. The Labute approximate surface area is 113 Å². The molecule has 0 atom stereocenters. The molecule has 0 bridgehead atoms. The summed E-state index contributed by atoms with van der Waals surface area (Å²) in [6.45, 7) is 0. The normalized spacial score (nSPS) is 10.2. The number of carboxylic acid groups (broad SMARTS) is 1. The van der Waals surface area contributed by atoms with Crippen molar-refractivity contribution in [3.05, 3.63) is 53.1 Å². The molecule has 2 aromatic rings. The average molecular weight is 274 g/mol. The Morgan fingerprint density at radius 3 is 1.70 bits per heavy atom. The van der Waals surface area contributed by atoms with Crippen molar-refractivity contribution in [3.63, 3.8) is 0 Å². The Bertz CT molecular complexity index is 685. The van der Waals surface area contributed by atoms with Crippen LogP contribution in [0.3, 0.4) is 0 Å². The molecule has 6 nitrogen and oxygen atoms in total. The molecule has 20 heavy (non-hydrogen) atoms. The van der Waals surface area contributed by atoms with Crippen molar-refractivity contribution in [3.8, 4) is 17.2 Å². The van der Waals surface area contributed by atoms with E-state index in [0.717, 1.165) is 12.1 Å². The van der Waals surface area contributed by atoms with Crippen LogP contribution in [0.25, 0.3) is 0 Å². The number of aromatic carboxylic acids is 1. The summed E-state index contributed by atoms with van der Waals surface area (Å²) in [4.78, 5) is 23.4. The number of phenolic OH excluding ortho intramolecular Hbond substituents is 3. The molecule has 0 amide bonds. The summed E-state index contributed by atoms with van der Waals surface area (Å²) in [5.74, 6) is -3.93. The molecule has 0 fully saturated rings. The smallest absolute Gasteiger partial charge is 0.336 e. The van der Waals surface area contributed by atoms with Crippen molar-refractivity contribution in [1.29, 1.82) is 0 Å². The number of hydrogen-bond donors (Lipinski definition) is 4. The van der Waals surface area contributed by atoms with Crippen molar-refractivity contribution in [2.75, 3.05) is 0 Å². The van der Waals surface area contributed by atoms with Gasteiger partial charge in [-0.1, -0.05) is 12.1 Å². The standard InChI is InChI=1S/C14H10O6/c15-8-4-1-3-7(14(19)20)11(8)13(18)12-9(16)5-2-6-10(12)17/h1-6,15-17H,(H,19,20). The maximum absolute atomic E-state index is 12.3. The first-order valence-corrected chi connectivity index (χ1v) is 5.54. The summed E-state index contributed by atoms with van der Waals surface area (Å²) >= 11 is 0. The van der Waals surface area contributed by atoms with Gasteiger partial charge in [0.2, 0.25) is 5.78 Å². The highest BCUT2D eigenvalue weighted by Crippen LogP contribution is 2.32. The van der Waals surface area contributed by atoms with Gasteiger partial charge in [-0.15, -0.1) is 0 Å². The highest BCUT2D eigenvalue weighted by molar-refractivity contribution is 6.18. The maximum atomic E-state index is 12.3. The first kappa shape index (κ1) is 13.4. The molecule has 2 aromatic carbocycles. The predicted molar refractivity (Wildman–Crippen MR) is 68.3 cm³/mol. The van der Waals surface area contributed by atoms with Crippen molar-refractivity contribution in [2.45, 2.75) is 0 Å². The van der Waals surface area contributed by atoms with Crippen molar-refractivity contribution >= 4 is 11.8 Å². The largest absolute Gasteiger partial charge is 0.507 e. The van der Waals surface area contributed by atoms with Gasteiger partial charge in [0, 0.05) is 0 Å². The van der Waals surface area contributed by atoms with Gasteiger partial charge in [-0.2, -0.15) is 0 Å². The summed E-state index contributed by atoms with van der Waals surface area (Å²) in [6.07, 6.45) is 0. The molecule has 4 N–H and O–H groups in total. The molecule has 0 saturated carbocycles. The lowest BCUT2D eigenvalue weighted by Gasteiger charge is -2.10. The van der Waals surface area contributed by atoms with Crippen LogP contribution in [0.2, 0.25) is 0 Å². The Kier molecular flexibility index (Phi) is 3.30. The van der Waals surface area contributed by atoms with Crippen LogP contribution in [-0.2, 0) is 0 Å². The molecule has 0 saturated heterocycles. The minimum atomic E-state index is -1.40. The van der Waals surface area contributed by atoms with Crippen LogP contribution in [-0.4, -0.2) is 32.2 Å². The number of carboxylic acids is 1. The van der Waals surface area contributed by atoms with Crippen LogP contribution in [0, 0.1) is 0 Å². The van der Waals surface area contributed by atoms with E-state index in [1.165, 1.54) is 24.3 Å². The van der Waals surface area contributed by atoms with E-state index in [4.69, 9.17) is 5.11 Å². The van der Waals surface area contributed by atoms with Crippen molar-refractivity contribution in [1.82, 2.24) is 0 Å². The molecule has 0 spiro atoms. The molecular weight excluding hydrogens is 264 g/mol. The number of aromatic hydroxyl groups is 3. The predicted octanol–water partition coefficient (Wildman–Crippen LogP) is 1.73. The molecule has 0 aliphatic rings. The second-order valence-corrected chi connectivity index (χ2v) is 4.01. The minimum absolute atomic E-state index is 0.419. The van der Waals surface area contributed by atoms with E-state index >= 15 is 0 Å². The Balaban J connectivity index is 2.69. The van der Waals surface area contributed by atoms with Crippen LogP contribution < -0.4 is 0 Å². The van der Waals surface area contributed by atoms with Gasteiger partial charge in [-0.3, -0.25) is 4.79 Å². The van der Waals surface area contributed by atoms with E-state index in [1.54, 1.807) is 0 Å². The second kappa shape index (κ2) is 4.93. The summed E-state index contributed by atoms with van der Waals surface area (Å²) < 4.78 is 0. The summed E-state index contributed by atoms with van der Waals surface area (Å²) in [5.41, 5.74) is -1.37. The number of rotatable bonds is 3. The summed E-state index contributed by atoms with van der Waals surface area (Å²) in [5, 5.41) is 38.0. The van der Waals surface area contributed by atoms with Gasteiger partial charge in [-0.05, 0) is 24.3 Å². The molecular formula is C14H10O6. The van der Waals surface area contributed by atoms with E-state index < -0.39 is 45.7 Å². The highest BCUT2D eigenvalue weighted by Gasteiger charge is 2.25. The van der Waals surface area contributed by atoms with Crippen molar-refractivity contribution in [2.24, 2.45) is 0 Å². The fourth-order valence-electron chi connectivity index (χ4n) is 1.84. The lowest BCUT2D eigenvalue weighted by molar-refractivity contribution is 0.0692. The quantitative estimate of drug-likeness (QED) is 0.633. The van der Waals surface area contributed by atoms with Crippen LogP contribution in [0.1, 0.15) is 26.3 Å². The fourth-order valence-corrected chi connectivity index (χ4v) is 1.84. The van der Waals surface area contributed by atoms with Gasteiger partial charge in [0.15, 0.2) is 0 Å². The Morgan fingerprint density at radius 2 is 1.20 bits per heavy atom. The third-order valence-corrected chi connectivity index (χ3v) is 2.75. The number of hydrogen-bond acceptors (Lipinski definition) is 5. The Morgan fingerprint density at radius 1 is 0.750 bits per heavy atom.